The van der Waals surface area contributed by atoms with E-state index < -0.39 is 24.0 Å². The fraction of sp³-hybridized carbons (Fsp3) is 0.565. The van der Waals surface area contributed by atoms with E-state index in [0.29, 0.717) is 12.8 Å². The van der Waals surface area contributed by atoms with Crippen LogP contribution in [0.25, 0.3) is 6.08 Å². The van der Waals surface area contributed by atoms with Crippen molar-refractivity contribution in [3.63, 3.8) is 0 Å². The van der Waals surface area contributed by atoms with E-state index in [0.717, 1.165) is 49.2 Å². The van der Waals surface area contributed by atoms with E-state index in [1.807, 2.05) is 26.0 Å². The lowest BCUT2D eigenvalue weighted by Gasteiger charge is -2.38. The molecule has 0 radical (unpaired) electrons. The van der Waals surface area contributed by atoms with Crippen molar-refractivity contribution in [2.24, 2.45) is 0 Å². The van der Waals surface area contributed by atoms with Crippen LogP contribution in [-0.2, 0) is 20.9 Å². The van der Waals surface area contributed by atoms with Crippen LogP contribution in [0.3, 0.4) is 0 Å². The van der Waals surface area contributed by atoms with Crippen molar-refractivity contribution in [2.45, 2.75) is 71.4 Å². The minimum atomic E-state index is -0.841. The zero-order valence-corrected chi connectivity index (χ0v) is 18.3. The van der Waals surface area contributed by atoms with E-state index in [1.165, 1.54) is 11.0 Å². The van der Waals surface area contributed by atoms with Crippen LogP contribution < -0.4 is 0 Å². The summed E-state index contributed by atoms with van der Waals surface area (Å²) in [5, 5.41) is 19.0. The van der Waals surface area contributed by atoms with Crippen LogP contribution in [-0.4, -0.2) is 40.5 Å². The minimum Gasteiger partial charge on any atom is -0.451 e. The lowest BCUT2D eigenvalue weighted by molar-refractivity contribution is -0.150. The Kier molecular flexibility index (Phi) is 7.83. The molecule has 1 aliphatic carbocycles. The van der Waals surface area contributed by atoms with Gasteiger partial charge in [0, 0.05) is 25.0 Å². The van der Waals surface area contributed by atoms with Crippen molar-refractivity contribution >= 4 is 18.0 Å². The monoisotopic (exact) mass is 410 g/mol. The van der Waals surface area contributed by atoms with Crippen LogP contribution in [0.4, 0.5) is 0 Å². The lowest BCUT2D eigenvalue weighted by Crippen LogP contribution is -2.51. The number of ether oxygens (including phenoxy) is 1. The van der Waals surface area contributed by atoms with Crippen molar-refractivity contribution < 1.29 is 14.3 Å². The Morgan fingerprint density at radius 1 is 1.27 bits per heavy atom. The van der Waals surface area contributed by atoms with Crippen LogP contribution in [0.2, 0.25) is 0 Å². The van der Waals surface area contributed by atoms with Crippen LogP contribution in [0.15, 0.2) is 11.6 Å². The van der Waals surface area contributed by atoms with E-state index in [2.05, 4.69) is 17.6 Å². The number of nitrogens with zero attached hydrogens (tertiary/aromatic N) is 4. The highest BCUT2D eigenvalue weighted by molar-refractivity contribution is 5.99. The highest BCUT2D eigenvalue weighted by Crippen LogP contribution is 2.32. The molecule has 0 bridgehead atoms. The number of nitriles is 2. The van der Waals surface area contributed by atoms with Gasteiger partial charge in [0.25, 0.3) is 5.91 Å². The summed E-state index contributed by atoms with van der Waals surface area (Å²) in [5.41, 5.74) is 1.81. The van der Waals surface area contributed by atoms with Crippen LogP contribution in [0.5, 0.6) is 0 Å². The second kappa shape index (κ2) is 10.1. The van der Waals surface area contributed by atoms with Gasteiger partial charge in [-0.2, -0.15) is 10.5 Å². The molecule has 0 N–H and O–H groups in total. The first-order chi connectivity index (χ1) is 14.3. The van der Waals surface area contributed by atoms with Crippen LogP contribution in [0, 0.1) is 36.5 Å². The molecule has 7 heteroatoms. The Morgan fingerprint density at radius 3 is 2.50 bits per heavy atom. The summed E-state index contributed by atoms with van der Waals surface area (Å²) >= 11 is 0. The van der Waals surface area contributed by atoms with Crippen molar-refractivity contribution in [2.75, 3.05) is 13.7 Å². The smallest absolute Gasteiger partial charge is 0.349 e. The molecule has 0 aromatic carbocycles. The Bertz CT molecular complexity index is 908. The standard InChI is InChI=1S/C23H30N4O3/c1-5-11-27-17(2)12-19(18(27)3)13-20(14-24)22(29)30-15-21(28)26(4)23(16-25)9-7-6-8-10-23/h12-13H,5-11,15H2,1-4H3/b20-13+. The molecule has 30 heavy (non-hydrogen) atoms. The molecule has 1 saturated carbocycles. The summed E-state index contributed by atoms with van der Waals surface area (Å²) in [7, 11) is 1.58. The molecule has 0 unspecified atom stereocenters. The maximum absolute atomic E-state index is 12.5. The van der Waals surface area contributed by atoms with Crippen molar-refractivity contribution in [3.05, 3.63) is 28.6 Å². The number of carbonyl (C=O) groups excluding carboxylic acids is 2. The number of amides is 1. The number of hydrogen-bond acceptors (Lipinski definition) is 5. The third-order valence-corrected chi connectivity index (χ3v) is 5.93. The molecule has 1 heterocycles. The summed E-state index contributed by atoms with van der Waals surface area (Å²) in [4.78, 5) is 26.3. The molecule has 0 atom stereocenters. The number of rotatable bonds is 7. The number of hydrogen-bond donors (Lipinski definition) is 0. The third-order valence-electron chi connectivity index (χ3n) is 5.93. The number of aromatic nitrogens is 1. The Balaban J connectivity index is 2.08. The van der Waals surface area contributed by atoms with Gasteiger partial charge in [-0.3, -0.25) is 4.79 Å². The highest BCUT2D eigenvalue weighted by Gasteiger charge is 2.39. The number of carbonyl (C=O) groups is 2. The van der Waals surface area contributed by atoms with Gasteiger partial charge >= 0.3 is 5.97 Å². The van der Waals surface area contributed by atoms with Gasteiger partial charge in [-0.15, -0.1) is 0 Å². The quantitative estimate of drug-likeness (QED) is 0.388. The maximum atomic E-state index is 12.5. The van der Waals surface area contributed by atoms with Crippen molar-refractivity contribution in [3.8, 4) is 12.1 Å². The number of esters is 1. The van der Waals surface area contributed by atoms with Crippen LogP contribution in [0.1, 0.15) is 62.4 Å². The Labute approximate surface area is 178 Å². The Hall–Kier alpha value is -3.06. The zero-order chi connectivity index (χ0) is 22.3. The first-order valence-electron chi connectivity index (χ1n) is 10.4. The third kappa shape index (κ3) is 4.91. The van der Waals surface area contributed by atoms with Gasteiger partial charge in [0.1, 0.15) is 17.2 Å². The largest absolute Gasteiger partial charge is 0.451 e. The highest BCUT2D eigenvalue weighted by atomic mass is 16.5. The lowest BCUT2D eigenvalue weighted by atomic mass is 9.81. The fourth-order valence-corrected chi connectivity index (χ4v) is 4.03. The second-order valence-corrected chi connectivity index (χ2v) is 7.88. The minimum absolute atomic E-state index is 0.158. The van der Waals surface area contributed by atoms with E-state index in [9.17, 15) is 20.1 Å². The number of likely N-dealkylation sites (N-methyl/N-ethyl adjacent to an activating group) is 1. The molecule has 0 aliphatic heterocycles. The van der Waals surface area contributed by atoms with E-state index in [1.54, 1.807) is 7.05 Å². The van der Waals surface area contributed by atoms with Gasteiger partial charge in [0.15, 0.2) is 6.61 Å². The summed E-state index contributed by atoms with van der Waals surface area (Å²) in [6, 6.07) is 6.07. The molecule has 1 amide bonds. The van der Waals surface area contributed by atoms with Gasteiger partial charge in [0.2, 0.25) is 0 Å². The average molecular weight is 411 g/mol. The molecule has 7 nitrogen and oxygen atoms in total. The normalized spacial score (nSPS) is 15.7. The fourth-order valence-electron chi connectivity index (χ4n) is 4.03. The van der Waals surface area contributed by atoms with Gasteiger partial charge in [-0.05, 0) is 50.8 Å². The summed E-state index contributed by atoms with van der Waals surface area (Å²) in [5.74, 6) is -1.28. The van der Waals surface area contributed by atoms with Gasteiger partial charge in [-0.25, -0.2) is 4.79 Å². The van der Waals surface area contributed by atoms with Gasteiger partial charge in [0.05, 0.1) is 6.07 Å². The molecule has 160 valence electrons. The summed E-state index contributed by atoms with van der Waals surface area (Å²) in [6.45, 7) is 6.38. The maximum Gasteiger partial charge on any atom is 0.349 e. The first-order valence-corrected chi connectivity index (χ1v) is 10.4. The number of aryl methyl sites for hydroxylation is 1. The predicted octanol–water partition coefficient (Wildman–Crippen LogP) is 3.65. The first kappa shape index (κ1) is 23.2. The van der Waals surface area contributed by atoms with Gasteiger partial charge in [-0.1, -0.05) is 26.2 Å². The average Bonchev–Trinajstić information content (AvgIpc) is 3.03. The van der Waals surface area contributed by atoms with Gasteiger partial charge < -0.3 is 14.2 Å². The van der Waals surface area contributed by atoms with E-state index >= 15 is 0 Å². The zero-order valence-electron chi connectivity index (χ0n) is 18.3. The molecular formula is C23H30N4O3. The van der Waals surface area contributed by atoms with E-state index in [4.69, 9.17) is 4.74 Å². The van der Waals surface area contributed by atoms with Crippen LogP contribution >= 0.6 is 0 Å². The predicted molar refractivity (Wildman–Crippen MR) is 113 cm³/mol. The summed E-state index contributed by atoms with van der Waals surface area (Å²) < 4.78 is 7.25. The molecule has 2 rings (SSSR count). The summed E-state index contributed by atoms with van der Waals surface area (Å²) in [6.07, 6.45) is 6.56. The molecular weight excluding hydrogens is 380 g/mol. The van der Waals surface area contributed by atoms with Crippen molar-refractivity contribution in [1.29, 1.82) is 10.5 Å². The molecule has 1 aromatic heterocycles. The topological polar surface area (TPSA) is 99.1 Å². The molecule has 1 fully saturated rings. The molecule has 1 aliphatic rings. The van der Waals surface area contributed by atoms with E-state index in [-0.39, 0.29) is 5.57 Å². The SMILES string of the molecule is CCCn1c(C)cc(/C=C(\C#N)C(=O)OCC(=O)N(C)C2(C#N)CCCCC2)c1C. The Morgan fingerprint density at radius 2 is 1.93 bits per heavy atom. The molecule has 1 aromatic rings. The second-order valence-electron chi connectivity index (χ2n) is 7.88. The molecule has 0 spiro atoms. The molecule has 0 saturated heterocycles. The van der Waals surface area contributed by atoms with Crippen molar-refractivity contribution in [1.82, 2.24) is 9.47 Å².